The molecule has 2 aromatic rings. The summed E-state index contributed by atoms with van der Waals surface area (Å²) in [5.74, 6) is -1.41. The minimum Gasteiger partial charge on any atom is -0.355 e. The van der Waals surface area contributed by atoms with Gasteiger partial charge in [-0.05, 0) is 35.4 Å². The summed E-state index contributed by atoms with van der Waals surface area (Å²) >= 11 is 0. The average Bonchev–Trinajstić information content (AvgIpc) is 2.68. The van der Waals surface area contributed by atoms with E-state index >= 15 is 0 Å². The summed E-state index contributed by atoms with van der Waals surface area (Å²) in [6.07, 6.45) is 1.11. The quantitative estimate of drug-likeness (QED) is 0.330. The van der Waals surface area contributed by atoms with Crippen molar-refractivity contribution in [2.75, 3.05) is 26.4 Å². The molecule has 2 rings (SSSR count). The summed E-state index contributed by atoms with van der Waals surface area (Å²) in [5.41, 5.74) is 0.958. The van der Waals surface area contributed by atoms with Crippen molar-refractivity contribution in [3.05, 3.63) is 70.8 Å². The van der Waals surface area contributed by atoms with E-state index in [9.17, 15) is 22.0 Å². The van der Waals surface area contributed by atoms with Gasteiger partial charge in [0, 0.05) is 32.9 Å². The summed E-state index contributed by atoms with van der Waals surface area (Å²) in [7, 11) is -1.73. The second-order valence-corrected chi connectivity index (χ2v) is 8.71. The van der Waals surface area contributed by atoms with Crippen LogP contribution in [0, 0.1) is 11.6 Å². The standard InChI is InChI=1S/C20H24F2N4O3S/c1-23-20(25-10-9-24-19(27)17-5-3-4-6-18(17)22)26-12-15-11-16(21)8-7-14(15)13-30(2,28)29/h3-8,11H,9-10,12-13H2,1-2H3,(H,24,27)(H2,23,25,26). The molecule has 0 radical (unpaired) electrons. The predicted octanol–water partition coefficient (Wildman–Crippen LogP) is 1.60. The highest BCUT2D eigenvalue weighted by molar-refractivity contribution is 7.89. The smallest absolute Gasteiger partial charge is 0.254 e. The molecule has 0 aliphatic heterocycles. The minimum atomic E-state index is -3.27. The Balaban J connectivity index is 1.86. The van der Waals surface area contributed by atoms with Gasteiger partial charge in [0.2, 0.25) is 0 Å². The summed E-state index contributed by atoms with van der Waals surface area (Å²) in [6, 6.07) is 9.62. The van der Waals surface area contributed by atoms with Gasteiger partial charge >= 0.3 is 0 Å². The molecular weight excluding hydrogens is 414 g/mol. The van der Waals surface area contributed by atoms with Gasteiger partial charge in [0.15, 0.2) is 15.8 Å². The zero-order chi connectivity index (χ0) is 22.1. The Morgan fingerprint density at radius 1 is 1.00 bits per heavy atom. The number of amides is 1. The molecule has 10 heteroatoms. The number of aliphatic imine (C=N–C) groups is 1. The lowest BCUT2D eigenvalue weighted by Gasteiger charge is -2.14. The molecule has 0 heterocycles. The first kappa shape index (κ1) is 23.3. The van der Waals surface area contributed by atoms with E-state index in [0.29, 0.717) is 23.6 Å². The maximum Gasteiger partial charge on any atom is 0.254 e. The maximum atomic E-state index is 13.6. The van der Waals surface area contributed by atoms with Gasteiger partial charge in [-0.1, -0.05) is 18.2 Å². The lowest BCUT2D eigenvalue weighted by atomic mass is 10.1. The van der Waals surface area contributed by atoms with Crippen LogP contribution in [0.15, 0.2) is 47.5 Å². The monoisotopic (exact) mass is 438 g/mol. The molecule has 7 nitrogen and oxygen atoms in total. The van der Waals surface area contributed by atoms with E-state index < -0.39 is 27.4 Å². The van der Waals surface area contributed by atoms with Crippen LogP contribution in [0.3, 0.4) is 0 Å². The van der Waals surface area contributed by atoms with Crippen LogP contribution < -0.4 is 16.0 Å². The van der Waals surface area contributed by atoms with Crippen molar-refractivity contribution in [2.45, 2.75) is 12.3 Å². The average molecular weight is 439 g/mol. The van der Waals surface area contributed by atoms with E-state index in [-0.39, 0.29) is 24.4 Å². The Hall–Kier alpha value is -3.01. The first-order chi connectivity index (χ1) is 14.2. The van der Waals surface area contributed by atoms with Crippen molar-refractivity contribution in [3.63, 3.8) is 0 Å². The van der Waals surface area contributed by atoms with E-state index in [1.165, 1.54) is 43.4 Å². The van der Waals surface area contributed by atoms with Crippen molar-refractivity contribution < 1.29 is 22.0 Å². The fourth-order valence-corrected chi connectivity index (χ4v) is 3.53. The van der Waals surface area contributed by atoms with Crippen LogP contribution in [0.5, 0.6) is 0 Å². The van der Waals surface area contributed by atoms with Gasteiger partial charge < -0.3 is 16.0 Å². The molecular formula is C20H24F2N4O3S. The second-order valence-electron chi connectivity index (χ2n) is 6.57. The van der Waals surface area contributed by atoms with Crippen LogP contribution in [-0.2, 0) is 22.1 Å². The lowest BCUT2D eigenvalue weighted by molar-refractivity contribution is 0.0950. The molecule has 3 N–H and O–H groups in total. The molecule has 2 aromatic carbocycles. The third-order valence-corrected chi connectivity index (χ3v) is 4.91. The molecule has 0 bridgehead atoms. The first-order valence-corrected chi connectivity index (χ1v) is 11.2. The zero-order valence-electron chi connectivity index (χ0n) is 16.7. The van der Waals surface area contributed by atoms with Crippen LogP contribution >= 0.6 is 0 Å². The van der Waals surface area contributed by atoms with Crippen LogP contribution in [0.1, 0.15) is 21.5 Å². The Bertz CT molecular complexity index is 1030. The number of sulfone groups is 1. The molecule has 0 aliphatic carbocycles. The van der Waals surface area contributed by atoms with Gasteiger partial charge in [-0.3, -0.25) is 9.79 Å². The molecule has 0 spiro atoms. The van der Waals surface area contributed by atoms with E-state index in [2.05, 4.69) is 20.9 Å². The van der Waals surface area contributed by atoms with Crippen LogP contribution in [0.2, 0.25) is 0 Å². The maximum absolute atomic E-state index is 13.6. The summed E-state index contributed by atoms with van der Waals surface area (Å²) in [5, 5.41) is 8.53. The van der Waals surface area contributed by atoms with E-state index in [4.69, 9.17) is 0 Å². The van der Waals surface area contributed by atoms with Gasteiger partial charge in [0.25, 0.3) is 5.91 Å². The van der Waals surface area contributed by atoms with Gasteiger partial charge in [0.1, 0.15) is 11.6 Å². The molecule has 162 valence electrons. The highest BCUT2D eigenvalue weighted by atomic mass is 32.2. The SMILES string of the molecule is CN=C(NCCNC(=O)c1ccccc1F)NCc1cc(F)ccc1CS(C)(=O)=O. The van der Waals surface area contributed by atoms with Crippen LogP contribution in [-0.4, -0.2) is 46.7 Å². The Kier molecular flexibility index (Phi) is 8.28. The topological polar surface area (TPSA) is 99.7 Å². The number of rotatable bonds is 8. The Labute approximate surface area is 174 Å². The third kappa shape index (κ3) is 7.43. The summed E-state index contributed by atoms with van der Waals surface area (Å²) in [4.78, 5) is 16.0. The molecule has 0 fully saturated rings. The second kappa shape index (κ2) is 10.7. The zero-order valence-corrected chi connectivity index (χ0v) is 17.5. The largest absolute Gasteiger partial charge is 0.355 e. The highest BCUT2D eigenvalue weighted by Gasteiger charge is 2.12. The lowest BCUT2D eigenvalue weighted by Crippen LogP contribution is -2.41. The van der Waals surface area contributed by atoms with Crippen molar-refractivity contribution >= 4 is 21.7 Å². The highest BCUT2D eigenvalue weighted by Crippen LogP contribution is 2.14. The van der Waals surface area contributed by atoms with Crippen LogP contribution in [0.25, 0.3) is 0 Å². The minimum absolute atomic E-state index is 0.0375. The fraction of sp³-hybridized carbons (Fsp3) is 0.300. The number of guanidine groups is 1. The molecule has 30 heavy (non-hydrogen) atoms. The number of benzene rings is 2. The summed E-state index contributed by atoms with van der Waals surface area (Å²) in [6.45, 7) is 0.677. The number of halogens is 2. The van der Waals surface area contributed by atoms with E-state index in [0.717, 1.165) is 6.26 Å². The number of nitrogens with zero attached hydrogens (tertiary/aromatic N) is 1. The van der Waals surface area contributed by atoms with Crippen molar-refractivity contribution in [1.29, 1.82) is 0 Å². The fourth-order valence-electron chi connectivity index (χ4n) is 2.68. The molecule has 0 aromatic heterocycles. The summed E-state index contributed by atoms with van der Waals surface area (Å²) < 4.78 is 50.3. The predicted molar refractivity (Wildman–Crippen MR) is 112 cm³/mol. The number of hydrogen-bond donors (Lipinski definition) is 3. The van der Waals surface area contributed by atoms with Crippen molar-refractivity contribution in [2.24, 2.45) is 4.99 Å². The Morgan fingerprint density at radius 3 is 2.37 bits per heavy atom. The van der Waals surface area contributed by atoms with E-state index in [1.807, 2.05) is 0 Å². The molecule has 0 saturated heterocycles. The molecule has 0 unspecified atom stereocenters. The first-order valence-electron chi connectivity index (χ1n) is 9.12. The molecule has 1 amide bonds. The number of hydrogen-bond acceptors (Lipinski definition) is 4. The van der Waals surface area contributed by atoms with Crippen molar-refractivity contribution in [1.82, 2.24) is 16.0 Å². The number of nitrogens with one attached hydrogen (secondary N) is 3. The van der Waals surface area contributed by atoms with Gasteiger partial charge in [-0.25, -0.2) is 17.2 Å². The van der Waals surface area contributed by atoms with Crippen molar-refractivity contribution in [3.8, 4) is 0 Å². The molecule has 0 atom stereocenters. The normalized spacial score (nSPS) is 11.8. The molecule has 0 saturated carbocycles. The van der Waals surface area contributed by atoms with Crippen LogP contribution in [0.4, 0.5) is 8.78 Å². The number of carbonyl (C=O) groups excluding carboxylic acids is 1. The van der Waals surface area contributed by atoms with Gasteiger partial charge in [0.05, 0.1) is 11.3 Å². The molecule has 0 aliphatic rings. The Morgan fingerprint density at radius 2 is 1.70 bits per heavy atom. The van der Waals surface area contributed by atoms with Gasteiger partial charge in [-0.2, -0.15) is 0 Å². The van der Waals surface area contributed by atoms with Gasteiger partial charge in [-0.15, -0.1) is 0 Å². The third-order valence-electron chi connectivity index (χ3n) is 4.08. The van der Waals surface area contributed by atoms with E-state index in [1.54, 1.807) is 6.07 Å². The number of carbonyl (C=O) groups is 1.